The van der Waals surface area contributed by atoms with Gasteiger partial charge in [0.25, 0.3) is 5.91 Å². The summed E-state index contributed by atoms with van der Waals surface area (Å²) >= 11 is 0. The van der Waals surface area contributed by atoms with Crippen LogP contribution in [0.15, 0.2) is 36.4 Å². The zero-order valence-corrected chi connectivity index (χ0v) is 21.3. The van der Waals surface area contributed by atoms with Crippen molar-refractivity contribution in [1.82, 2.24) is 10.3 Å². The summed E-state index contributed by atoms with van der Waals surface area (Å²) in [6.07, 6.45) is 4.57. The fourth-order valence-electron chi connectivity index (χ4n) is 5.12. The van der Waals surface area contributed by atoms with E-state index in [0.29, 0.717) is 18.1 Å². The van der Waals surface area contributed by atoms with Crippen LogP contribution in [-0.2, 0) is 16.0 Å². The lowest BCUT2D eigenvalue weighted by Gasteiger charge is -2.22. The lowest BCUT2D eigenvalue weighted by atomic mass is 10.0. The van der Waals surface area contributed by atoms with E-state index >= 15 is 0 Å². The van der Waals surface area contributed by atoms with Crippen LogP contribution in [0.3, 0.4) is 0 Å². The van der Waals surface area contributed by atoms with Gasteiger partial charge in [0.05, 0.1) is 11.6 Å². The molecule has 7 heteroatoms. The number of amides is 1. The van der Waals surface area contributed by atoms with Gasteiger partial charge in [-0.25, -0.2) is 0 Å². The van der Waals surface area contributed by atoms with Gasteiger partial charge in [0.1, 0.15) is 12.4 Å². The number of rotatable bonds is 9. The largest absolute Gasteiger partial charge is 0.491 e. The first-order valence-corrected chi connectivity index (χ1v) is 13.1. The summed E-state index contributed by atoms with van der Waals surface area (Å²) in [5.74, 6) is 1.30. The van der Waals surface area contributed by atoms with Crippen molar-refractivity contribution in [1.29, 1.82) is 0 Å². The van der Waals surface area contributed by atoms with E-state index in [-0.39, 0.29) is 12.0 Å². The van der Waals surface area contributed by atoms with Gasteiger partial charge in [-0.1, -0.05) is 6.07 Å². The minimum atomic E-state index is -0.134. The van der Waals surface area contributed by atoms with Crippen molar-refractivity contribution >= 4 is 22.5 Å². The normalized spacial score (nSPS) is 18.6. The maximum absolute atomic E-state index is 12.9. The molecule has 2 aliphatic heterocycles. The van der Waals surface area contributed by atoms with Crippen LogP contribution >= 0.6 is 0 Å². The average molecular weight is 492 g/mol. The number of aryl methyl sites for hydroxylation is 2. The molecule has 2 saturated heterocycles. The highest BCUT2D eigenvalue weighted by atomic mass is 16.5. The molecular formula is C29H37N3O4. The average Bonchev–Trinajstić information content (AvgIpc) is 3.54. The number of aromatic amines is 1. The monoisotopic (exact) mass is 491 g/mol. The molecule has 3 heterocycles. The maximum atomic E-state index is 12.9. The molecule has 0 unspecified atom stereocenters. The van der Waals surface area contributed by atoms with E-state index in [1.165, 1.54) is 16.6 Å². The fourth-order valence-corrected chi connectivity index (χ4v) is 5.12. The van der Waals surface area contributed by atoms with Crippen molar-refractivity contribution < 1.29 is 19.0 Å². The molecule has 0 radical (unpaired) electrons. The SMILES string of the molecule is Cc1c(CNCC2CCOCC2)[nH]c2c(C)c(NC(=O)c3ccc(OC[C@@H]4CCCO4)cc3)ccc12. The first-order chi connectivity index (χ1) is 17.6. The molecule has 0 bridgehead atoms. The summed E-state index contributed by atoms with van der Waals surface area (Å²) in [5.41, 5.74) is 5.97. The summed E-state index contributed by atoms with van der Waals surface area (Å²) in [7, 11) is 0. The molecule has 5 rings (SSSR count). The number of carbonyl (C=O) groups excluding carboxylic acids is 1. The second-order valence-corrected chi connectivity index (χ2v) is 10.0. The van der Waals surface area contributed by atoms with Crippen LogP contribution in [0.1, 0.15) is 52.9 Å². The zero-order chi connectivity index (χ0) is 24.9. The van der Waals surface area contributed by atoms with Crippen LogP contribution < -0.4 is 15.4 Å². The van der Waals surface area contributed by atoms with Gasteiger partial charge in [-0.15, -0.1) is 0 Å². The fraction of sp³-hybridized carbons (Fsp3) is 0.483. The van der Waals surface area contributed by atoms with E-state index in [4.69, 9.17) is 14.2 Å². The van der Waals surface area contributed by atoms with Crippen molar-refractivity contribution in [2.45, 2.75) is 52.2 Å². The lowest BCUT2D eigenvalue weighted by molar-refractivity contribution is 0.0662. The van der Waals surface area contributed by atoms with Crippen LogP contribution in [-0.4, -0.2) is 50.0 Å². The van der Waals surface area contributed by atoms with Gasteiger partial charge >= 0.3 is 0 Å². The highest BCUT2D eigenvalue weighted by molar-refractivity contribution is 6.06. The van der Waals surface area contributed by atoms with Gasteiger partial charge < -0.3 is 29.8 Å². The van der Waals surface area contributed by atoms with E-state index in [1.807, 2.05) is 18.2 Å². The first-order valence-electron chi connectivity index (χ1n) is 13.1. The molecular weight excluding hydrogens is 454 g/mol. The Kier molecular flexibility index (Phi) is 7.90. The third-order valence-corrected chi connectivity index (χ3v) is 7.50. The van der Waals surface area contributed by atoms with E-state index in [0.717, 1.165) is 81.1 Å². The van der Waals surface area contributed by atoms with Crippen LogP contribution in [0.5, 0.6) is 5.75 Å². The molecule has 1 aromatic heterocycles. The molecule has 36 heavy (non-hydrogen) atoms. The topological polar surface area (TPSA) is 84.6 Å². The number of hydrogen-bond acceptors (Lipinski definition) is 5. The predicted molar refractivity (Wildman–Crippen MR) is 142 cm³/mol. The Hall–Kier alpha value is -2.87. The van der Waals surface area contributed by atoms with Gasteiger partial charge in [-0.2, -0.15) is 0 Å². The number of benzene rings is 2. The maximum Gasteiger partial charge on any atom is 0.255 e. The summed E-state index contributed by atoms with van der Waals surface area (Å²) in [6, 6.07) is 11.4. The minimum absolute atomic E-state index is 0.134. The van der Waals surface area contributed by atoms with Gasteiger partial charge in [0.15, 0.2) is 0 Å². The number of ether oxygens (including phenoxy) is 3. The molecule has 2 aliphatic rings. The molecule has 0 spiro atoms. The van der Waals surface area contributed by atoms with E-state index in [9.17, 15) is 4.79 Å². The second kappa shape index (κ2) is 11.5. The van der Waals surface area contributed by atoms with Crippen molar-refractivity contribution in [3.63, 3.8) is 0 Å². The van der Waals surface area contributed by atoms with Gasteiger partial charge in [-0.3, -0.25) is 4.79 Å². The Bertz CT molecular complexity index is 1180. The summed E-state index contributed by atoms with van der Waals surface area (Å²) in [6.45, 7) is 9.14. The smallest absolute Gasteiger partial charge is 0.255 e. The third-order valence-electron chi connectivity index (χ3n) is 7.50. The van der Waals surface area contributed by atoms with E-state index in [1.54, 1.807) is 12.1 Å². The van der Waals surface area contributed by atoms with Crippen LogP contribution in [0, 0.1) is 19.8 Å². The number of carbonyl (C=O) groups is 1. The molecule has 7 nitrogen and oxygen atoms in total. The molecule has 192 valence electrons. The van der Waals surface area contributed by atoms with Crippen molar-refractivity contribution in [3.8, 4) is 5.75 Å². The van der Waals surface area contributed by atoms with Gasteiger partial charge in [0, 0.05) is 48.7 Å². The van der Waals surface area contributed by atoms with Crippen LogP contribution in [0.2, 0.25) is 0 Å². The molecule has 0 aliphatic carbocycles. The number of hydrogen-bond donors (Lipinski definition) is 3. The van der Waals surface area contributed by atoms with Crippen LogP contribution in [0.4, 0.5) is 5.69 Å². The van der Waals surface area contributed by atoms with Crippen molar-refractivity contribution in [2.75, 3.05) is 38.3 Å². The zero-order valence-electron chi connectivity index (χ0n) is 21.3. The van der Waals surface area contributed by atoms with Crippen molar-refractivity contribution in [2.24, 2.45) is 5.92 Å². The third kappa shape index (κ3) is 5.75. The van der Waals surface area contributed by atoms with Gasteiger partial charge in [-0.05, 0) is 93.5 Å². The standard InChI is InChI=1S/C29H37N3O4/c1-19-25-9-10-26(20(2)28(25)31-27(19)17-30-16-21-11-14-34-15-12-21)32-29(33)22-5-7-23(8-6-22)36-18-24-4-3-13-35-24/h5-10,21,24,30-31H,3-4,11-18H2,1-2H3,(H,32,33)/t24-/m0/s1. The van der Waals surface area contributed by atoms with Crippen molar-refractivity contribution in [3.05, 3.63) is 58.8 Å². The first kappa shape index (κ1) is 24.8. The van der Waals surface area contributed by atoms with Gasteiger partial charge in [0.2, 0.25) is 0 Å². The molecule has 3 aromatic rings. The number of anilines is 1. The molecule has 2 aromatic carbocycles. The number of H-pyrrole nitrogens is 1. The Morgan fingerprint density at radius 1 is 1.03 bits per heavy atom. The minimum Gasteiger partial charge on any atom is -0.491 e. The van der Waals surface area contributed by atoms with Crippen LogP contribution in [0.25, 0.3) is 10.9 Å². The number of nitrogens with one attached hydrogen (secondary N) is 3. The Labute approximate surface area is 212 Å². The number of aromatic nitrogens is 1. The van der Waals surface area contributed by atoms with E-state index < -0.39 is 0 Å². The lowest BCUT2D eigenvalue weighted by Crippen LogP contribution is -2.27. The molecule has 1 atom stereocenters. The highest BCUT2D eigenvalue weighted by Gasteiger charge is 2.18. The summed E-state index contributed by atoms with van der Waals surface area (Å²) in [5, 5.41) is 7.89. The number of fused-ring (bicyclic) bond motifs is 1. The Morgan fingerprint density at radius 2 is 1.83 bits per heavy atom. The Morgan fingerprint density at radius 3 is 2.58 bits per heavy atom. The second-order valence-electron chi connectivity index (χ2n) is 10.0. The quantitative estimate of drug-likeness (QED) is 0.387. The summed E-state index contributed by atoms with van der Waals surface area (Å²) < 4.78 is 16.9. The molecule has 3 N–H and O–H groups in total. The summed E-state index contributed by atoms with van der Waals surface area (Å²) in [4.78, 5) is 16.5. The predicted octanol–water partition coefficient (Wildman–Crippen LogP) is 5.11. The Balaban J connectivity index is 1.20. The molecule has 0 saturated carbocycles. The van der Waals surface area contributed by atoms with E-state index in [2.05, 4.69) is 35.5 Å². The molecule has 1 amide bonds. The highest BCUT2D eigenvalue weighted by Crippen LogP contribution is 2.30. The molecule has 2 fully saturated rings.